The van der Waals surface area contributed by atoms with Gasteiger partial charge in [-0.05, 0) is 29.8 Å². The summed E-state index contributed by atoms with van der Waals surface area (Å²) < 4.78 is 40.0. The van der Waals surface area contributed by atoms with E-state index in [1.807, 2.05) is 0 Å². The first-order valence-corrected chi connectivity index (χ1v) is 9.02. The second kappa shape index (κ2) is 7.56. The highest BCUT2D eigenvalue weighted by Crippen LogP contribution is 2.43. The quantitative estimate of drug-likeness (QED) is 0.390. The highest BCUT2D eigenvalue weighted by molar-refractivity contribution is 7.18. The first-order valence-electron chi connectivity index (χ1n) is 7.07. The molecule has 3 aromatic rings. The van der Waals surface area contributed by atoms with Gasteiger partial charge in [0, 0.05) is 21.8 Å². The van der Waals surface area contributed by atoms with Crippen molar-refractivity contribution in [3.8, 4) is 10.4 Å². The molecule has 2 aromatic carbocycles. The van der Waals surface area contributed by atoms with E-state index in [-0.39, 0.29) is 10.0 Å². The molecule has 9 heteroatoms. The Morgan fingerprint density at radius 1 is 0.962 bits per heavy atom. The van der Waals surface area contributed by atoms with Crippen molar-refractivity contribution in [3.63, 3.8) is 0 Å². The minimum absolute atomic E-state index is 0.0245. The monoisotopic (exact) mass is 434 g/mol. The van der Waals surface area contributed by atoms with Gasteiger partial charge in [0.05, 0.1) is 9.90 Å². The van der Waals surface area contributed by atoms with E-state index in [1.165, 1.54) is 36.5 Å². The first-order chi connectivity index (χ1) is 12.2. The molecule has 3 rings (SSSR count). The number of halogens is 6. The Morgan fingerprint density at radius 2 is 1.62 bits per heavy atom. The Morgan fingerprint density at radius 3 is 2.23 bits per heavy atom. The Labute approximate surface area is 165 Å². The van der Waals surface area contributed by atoms with E-state index in [2.05, 4.69) is 9.98 Å². The normalized spacial score (nSPS) is 12.1. The average Bonchev–Trinajstić information content (AvgIpc) is 2.99. The first kappa shape index (κ1) is 19.2. The van der Waals surface area contributed by atoms with E-state index in [0.717, 1.165) is 11.3 Å². The van der Waals surface area contributed by atoms with Gasteiger partial charge in [0.25, 0.3) is 0 Å². The van der Waals surface area contributed by atoms with E-state index in [4.69, 9.17) is 34.8 Å². The third-order valence-electron chi connectivity index (χ3n) is 3.27. The smallest absolute Gasteiger partial charge is 0.227 e. The summed E-state index contributed by atoms with van der Waals surface area (Å²) in [5.74, 6) is 0. The maximum Gasteiger partial charge on any atom is 0.434 e. The molecule has 0 unspecified atom stereocenters. The zero-order valence-electron chi connectivity index (χ0n) is 12.7. The van der Waals surface area contributed by atoms with Gasteiger partial charge in [0.2, 0.25) is 5.13 Å². The molecule has 0 aliphatic carbocycles. The summed E-state index contributed by atoms with van der Waals surface area (Å²) in [6, 6.07) is 10.8. The Balaban J connectivity index is 2.01. The lowest BCUT2D eigenvalue weighted by Gasteiger charge is -2.05. The van der Waals surface area contributed by atoms with E-state index >= 15 is 0 Å². The van der Waals surface area contributed by atoms with E-state index in [1.54, 1.807) is 12.1 Å². The molecule has 26 heavy (non-hydrogen) atoms. The molecule has 2 nitrogen and oxygen atoms in total. The lowest BCUT2D eigenvalue weighted by atomic mass is 10.1. The lowest BCUT2D eigenvalue weighted by Crippen LogP contribution is -2.06. The Kier molecular flexibility index (Phi) is 5.58. The highest BCUT2D eigenvalue weighted by Gasteiger charge is 2.38. The van der Waals surface area contributed by atoms with Crippen LogP contribution in [0.5, 0.6) is 0 Å². The molecule has 0 radical (unpaired) electrons. The van der Waals surface area contributed by atoms with Crippen molar-refractivity contribution in [2.24, 2.45) is 4.99 Å². The van der Waals surface area contributed by atoms with Crippen LogP contribution >= 0.6 is 46.1 Å². The minimum atomic E-state index is -4.60. The van der Waals surface area contributed by atoms with Crippen LogP contribution in [0.2, 0.25) is 15.1 Å². The zero-order chi connectivity index (χ0) is 18.9. The fraction of sp³-hybridized carbons (Fsp3) is 0.0588. The van der Waals surface area contributed by atoms with Gasteiger partial charge in [0.1, 0.15) is 0 Å². The molecule has 1 heterocycles. The molecule has 0 bridgehead atoms. The summed E-state index contributed by atoms with van der Waals surface area (Å²) >= 11 is 18.5. The van der Waals surface area contributed by atoms with Gasteiger partial charge in [-0.25, -0.2) is 9.98 Å². The van der Waals surface area contributed by atoms with Gasteiger partial charge in [-0.3, -0.25) is 0 Å². The predicted molar refractivity (Wildman–Crippen MR) is 101 cm³/mol. The molecule has 0 spiro atoms. The summed E-state index contributed by atoms with van der Waals surface area (Å²) in [7, 11) is 0. The summed E-state index contributed by atoms with van der Waals surface area (Å²) in [6.07, 6.45) is -3.25. The molecule has 0 N–H and O–H groups in total. The van der Waals surface area contributed by atoms with Gasteiger partial charge >= 0.3 is 6.18 Å². The summed E-state index contributed by atoms with van der Waals surface area (Å²) in [4.78, 5) is 7.65. The maximum atomic E-state index is 13.3. The molecule has 134 valence electrons. The zero-order valence-corrected chi connectivity index (χ0v) is 15.8. The molecule has 0 saturated carbocycles. The molecule has 0 fully saturated rings. The number of nitrogens with zero attached hydrogens (tertiary/aromatic N) is 2. The van der Waals surface area contributed by atoms with Crippen LogP contribution in [0.1, 0.15) is 11.3 Å². The van der Waals surface area contributed by atoms with Crippen LogP contribution < -0.4 is 0 Å². The van der Waals surface area contributed by atoms with Crippen LogP contribution in [0.4, 0.5) is 18.3 Å². The average molecular weight is 436 g/mol. The number of hydrogen-bond donors (Lipinski definition) is 0. The molecular formula is C17H8Cl3F3N2S. The van der Waals surface area contributed by atoms with Crippen molar-refractivity contribution < 1.29 is 13.2 Å². The number of thiazole rings is 1. The highest BCUT2D eigenvalue weighted by atomic mass is 35.5. The Bertz CT molecular complexity index is 966. The van der Waals surface area contributed by atoms with Crippen molar-refractivity contribution in [1.82, 2.24) is 4.98 Å². The number of alkyl halides is 3. The summed E-state index contributed by atoms with van der Waals surface area (Å²) in [6.45, 7) is 0. The van der Waals surface area contributed by atoms with E-state index in [0.29, 0.717) is 26.2 Å². The molecule has 0 atom stereocenters. The molecule has 0 aliphatic heterocycles. The Hall–Kier alpha value is -1.60. The topological polar surface area (TPSA) is 25.2 Å². The van der Waals surface area contributed by atoms with Crippen molar-refractivity contribution in [2.75, 3.05) is 0 Å². The van der Waals surface area contributed by atoms with Gasteiger partial charge in [0.15, 0.2) is 5.69 Å². The minimum Gasteiger partial charge on any atom is -0.227 e. The van der Waals surface area contributed by atoms with Crippen LogP contribution in [0, 0.1) is 0 Å². The van der Waals surface area contributed by atoms with Gasteiger partial charge in [-0.15, -0.1) is 0 Å². The van der Waals surface area contributed by atoms with Crippen molar-refractivity contribution in [3.05, 3.63) is 68.8 Å². The third kappa shape index (κ3) is 4.38. The number of benzene rings is 2. The number of hydrogen-bond acceptors (Lipinski definition) is 3. The van der Waals surface area contributed by atoms with Crippen LogP contribution in [0.25, 0.3) is 10.4 Å². The van der Waals surface area contributed by atoms with Crippen LogP contribution in [0.15, 0.2) is 47.5 Å². The number of rotatable bonds is 3. The van der Waals surface area contributed by atoms with Crippen molar-refractivity contribution in [2.45, 2.75) is 6.18 Å². The van der Waals surface area contributed by atoms with E-state index < -0.39 is 11.9 Å². The molecular weight excluding hydrogens is 428 g/mol. The largest absolute Gasteiger partial charge is 0.434 e. The second-order valence-electron chi connectivity index (χ2n) is 5.10. The standard InChI is InChI=1S/C17H8Cl3F3N2S/c18-11-4-1-9(2-5-11)14-15(17(21,22)23)25-16(26-14)24-8-10-3-6-12(19)7-13(10)20/h1-8H/b24-8+. The third-order valence-corrected chi connectivity index (χ3v) is 5.09. The van der Waals surface area contributed by atoms with Crippen LogP contribution in [-0.4, -0.2) is 11.2 Å². The van der Waals surface area contributed by atoms with Crippen LogP contribution in [-0.2, 0) is 6.18 Å². The summed E-state index contributed by atoms with van der Waals surface area (Å²) in [5.41, 5.74) is -0.0998. The summed E-state index contributed by atoms with van der Waals surface area (Å²) in [5, 5.41) is 1.19. The van der Waals surface area contributed by atoms with Crippen molar-refractivity contribution in [1.29, 1.82) is 0 Å². The predicted octanol–water partition coefficient (Wildman–Crippen LogP) is 7.54. The van der Waals surface area contributed by atoms with Gasteiger partial charge in [-0.1, -0.05) is 64.3 Å². The fourth-order valence-electron chi connectivity index (χ4n) is 2.08. The van der Waals surface area contributed by atoms with E-state index in [9.17, 15) is 13.2 Å². The van der Waals surface area contributed by atoms with Crippen molar-refractivity contribution >= 4 is 57.5 Å². The second-order valence-corrected chi connectivity index (χ2v) is 7.36. The van der Waals surface area contributed by atoms with Gasteiger partial charge in [-0.2, -0.15) is 13.2 Å². The SMILES string of the molecule is FC(F)(F)c1nc(/N=C/c2ccc(Cl)cc2Cl)sc1-c1ccc(Cl)cc1. The number of aromatic nitrogens is 1. The lowest BCUT2D eigenvalue weighted by molar-refractivity contribution is -0.140. The maximum absolute atomic E-state index is 13.3. The van der Waals surface area contributed by atoms with Crippen LogP contribution in [0.3, 0.4) is 0 Å². The fourth-order valence-corrected chi connectivity index (χ4v) is 3.60. The molecule has 0 amide bonds. The molecule has 0 saturated heterocycles. The molecule has 0 aliphatic rings. The van der Waals surface area contributed by atoms with Gasteiger partial charge < -0.3 is 0 Å². The number of aliphatic imine (C=N–C) groups is 1. The molecule has 1 aromatic heterocycles.